The maximum absolute atomic E-state index is 13.1. The summed E-state index contributed by atoms with van der Waals surface area (Å²) >= 11 is 0. The molecule has 1 aromatic carbocycles. The van der Waals surface area contributed by atoms with Crippen molar-refractivity contribution in [1.82, 2.24) is 10.2 Å². The van der Waals surface area contributed by atoms with Gasteiger partial charge < -0.3 is 10.2 Å². The average molecular weight is 289 g/mol. The Morgan fingerprint density at radius 1 is 1.26 bits per heavy atom. The first-order valence-corrected chi connectivity index (χ1v) is 6.09. The number of amides is 1. The SMILES string of the molecule is Cl.O=C(c1ccc(F)c(F)c1)N1CCNC2(CC2)C1. The van der Waals surface area contributed by atoms with Crippen LogP contribution in [-0.4, -0.2) is 36.0 Å². The van der Waals surface area contributed by atoms with E-state index in [0.29, 0.717) is 13.1 Å². The summed E-state index contributed by atoms with van der Waals surface area (Å²) in [5.74, 6) is -2.12. The van der Waals surface area contributed by atoms with Gasteiger partial charge in [-0.05, 0) is 31.0 Å². The molecule has 1 aromatic rings. The summed E-state index contributed by atoms with van der Waals surface area (Å²) < 4.78 is 25.9. The standard InChI is InChI=1S/C13H14F2N2O.ClH/c14-10-2-1-9(7-11(10)15)12(18)17-6-5-16-13(8-17)3-4-13;/h1-2,7,16H,3-6,8H2;1H. The van der Waals surface area contributed by atoms with Crippen molar-refractivity contribution in [2.45, 2.75) is 18.4 Å². The van der Waals surface area contributed by atoms with Crippen LogP contribution in [0.15, 0.2) is 18.2 Å². The van der Waals surface area contributed by atoms with E-state index in [0.717, 1.165) is 31.5 Å². The number of rotatable bonds is 1. The van der Waals surface area contributed by atoms with Crippen molar-refractivity contribution in [2.75, 3.05) is 19.6 Å². The predicted octanol–water partition coefficient (Wildman–Crippen LogP) is 1.96. The molecule has 1 amide bonds. The second-order valence-electron chi connectivity index (χ2n) is 5.06. The summed E-state index contributed by atoms with van der Waals surface area (Å²) in [7, 11) is 0. The van der Waals surface area contributed by atoms with E-state index < -0.39 is 11.6 Å². The fourth-order valence-corrected chi connectivity index (χ4v) is 2.43. The van der Waals surface area contributed by atoms with Crippen LogP contribution >= 0.6 is 12.4 Å². The monoisotopic (exact) mass is 288 g/mol. The fourth-order valence-electron chi connectivity index (χ4n) is 2.43. The normalized spacial score (nSPS) is 20.0. The van der Waals surface area contributed by atoms with Gasteiger partial charge in [0.15, 0.2) is 11.6 Å². The van der Waals surface area contributed by atoms with E-state index in [1.54, 1.807) is 4.90 Å². The highest BCUT2D eigenvalue weighted by atomic mass is 35.5. The second kappa shape index (κ2) is 5.06. The van der Waals surface area contributed by atoms with Crippen LogP contribution in [0.4, 0.5) is 8.78 Å². The van der Waals surface area contributed by atoms with E-state index in [1.165, 1.54) is 6.07 Å². The molecular weight excluding hydrogens is 274 g/mol. The summed E-state index contributed by atoms with van der Waals surface area (Å²) in [6, 6.07) is 3.30. The van der Waals surface area contributed by atoms with E-state index in [2.05, 4.69) is 5.32 Å². The molecule has 2 fully saturated rings. The Morgan fingerprint density at radius 3 is 2.63 bits per heavy atom. The van der Waals surface area contributed by atoms with Crippen LogP contribution in [-0.2, 0) is 0 Å². The molecule has 104 valence electrons. The molecule has 1 aliphatic heterocycles. The zero-order valence-corrected chi connectivity index (χ0v) is 11.1. The molecule has 1 saturated carbocycles. The van der Waals surface area contributed by atoms with Gasteiger partial charge in [0.1, 0.15) is 0 Å². The molecule has 0 aromatic heterocycles. The number of nitrogens with one attached hydrogen (secondary N) is 1. The van der Waals surface area contributed by atoms with Crippen molar-refractivity contribution >= 4 is 18.3 Å². The Kier molecular flexibility index (Phi) is 3.78. The second-order valence-corrected chi connectivity index (χ2v) is 5.06. The molecule has 1 N–H and O–H groups in total. The van der Waals surface area contributed by atoms with Gasteiger partial charge in [0.05, 0.1) is 0 Å². The van der Waals surface area contributed by atoms with Gasteiger partial charge in [-0.3, -0.25) is 4.79 Å². The zero-order chi connectivity index (χ0) is 12.8. The third-order valence-electron chi connectivity index (χ3n) is 3.68. The van der Waals surface area contributed by atoms with Crippen LogP contribution in [0.2, 0.25) is 0 Å². The topological polar surface area (TPSA) is 32.3 Å². The van der Waals surface area contributed by atoms with Gasteiger partial charge in [-0.1, -0.05) is 0 Å². The quantitative estimate of drug-likeness (QED) is 0.857. The highest BCUT2D eigenvalue weighted by Crippen LogP contribution is 2.37. The molecule has 3 rings (SSSR count). The van der Waals surface area contributed by atoms with Crippen molar-refractivity contribution in [1.29, 1.82) is 0 Å². The minimum Gasteiger partial charge on any atom is -0.336 e. The average Bonchev–Trinajstić information content (AvgIpc) is 3.11. The Hall–Kier alpha value is -1.20. The first-order valence-electron chi connectivity index (χ1n) is 6.09. The summed E-state index contributed by atoms with van der Waals surface area (Å²) in [5, 5.41) is 3.40. The van der Waals surface area contributed by atoms with Gasteiger partial charge >= 0.3 is 0 Å². The smallest absolute Gasteiger partial charge is 0.254 e. The number of piperazine rings is 1. The van der Waals surface area contributed by atoms with Crippen LogP contribution in [0.25, 0.3) is 0 Å². The van der Waals surface area contributed by atoms with Crippen molar-refractivity contribution < 1.29 is 13.6 Å². The lowest BCUT2D eigenvalue weighted by Gasteiger charge is -2.34. The number of benzene rings is 1. The predicted molar refractivity (Wildman–Crippen MR) is 69.5 cm³/mol. The minimum atomic E-state index is -0.975. The van der Waals surface area contributed by atoms with Crippen LogP contribution in [0.1, 0.15) is 23.2 Å². The first-order chi connectivity index (χ1) is 8.60. The molecule has 0 radical (unpaired) electrons. The largest absolute Gasteiger partial charge is 0.336 e. The lowest BCUT2D eigenvalue weighted by atomic mass is 10.1. The summed E-state index contributed by atoms with van der Waals surface area (Å²) in [5.41, 5.74) is 0.304. The van der Waals surface area contributed by atoms with Gasteiger partial charge in [-0.25, -0.2) is 8.78 Å². The van der Waals surface area contributed by atoms with Gasteiger partial charge in [0.25, 0.3) is 5.91 Å². The number of carbonyl (C=O) groups is 1. The number of hydrogen-bond donors (Lipinski definition) is 1. The van der Waals surface area contributed by atoms with Gasteiger partial charge in [0.2, 0.25) is 0 Å². The third-order valence-corrected chi connectivity index (χ3v) is 3.68. The van der Waals surface area contributed by atoms with Crippen LogP contribution in [0.3, 0.4) is 0 Å². The van der Waals surface area contributed by atoms with Crippen molar-refractivity contribution in [3.05, 3.63) is 35.4 Å². The number of halogens is 3. The third kappa shape index (κ3) is 2.72. The molecule has 19 heavy (non-hydrogen) atoms. The number of nitrogens with zero attached hydrogens (tertiary/aromatic N) is 1. The molecule has 3 nitrogen and oxygen atoms in total. The Bertz CT molecular complexity index is 505. The van der Waals surface area contributed by atoms with E-state index in [9.17, 15) is 13.6 Å². The fraction of sp³-hybridized carbons (Fsp3) is 0.462. The first kappa shape index (κ1) is 14.2. The molecule has 0 bridgehead atoms. The lowest BCUT2D eigenvalue weighted by molar-refractivity contribution is 0.0691. The van der Waals surface area contributed by atoms with Gasteiger partial charge in [-0.15, -0.1) is 12.4 Å². The molecule has 1 spiro atoms. The highest BCUT2D eigenvalue weighted by molar-refractivity contribution is 5.94. The van der Waals surface area contributed by atoms with Gasteiger partial charge in [-0.2, -0.15) is 0 Å². The molecule has 1 aliphatic carbocycles. The number of hydrogen-bond acceptors (Lipinski definition) is 2. The Morgan fingerprint density at radius 2 is 2.00 bits per heavy atom. The van der Waals surface area contributed by atoms with Crippen molar-refractivity contribution in [3.63, 3.8) is 0 Å². The Balaban J connectivity index is 0.00000133. The molecule has 1 saturated heterocycles. The molecule has 0 unspecified atom stereocenters. The highest BCUT2D eigenvalue weighted by Gasteiger charge is 2.46. The lowest BCUT2D eigenvalue weighted by Crippen LogP contribution is -2.54. The van der Waals surface area contributed by atoms with E-state index in [1.807, 2.05) is 0 Å². The van der Waals surface area contributed by atoms with E-state index in [-0.39, 0.29) is 29.4 Å². The van der Waals surface area contributed by atoms with Crippen molar-refractivity contribution in [3.8, 4) is 0 Å². The summed E-state index contributed by atoms with van der Waals surface area (Å²) in [6.07, 6.45) is 2.16. The van der Waals surface area contributed by atoms with Crippen LogP contribution in [0.5, 0.6) is 0 Å². The van der Waals surface area contributed by atoms with Crippen LogP contribution in [0, 0.1) is 11.6 Å². The zero-order valence-electron chi connectivity index (χ0n) is 10.3. The maximum Gasteiger partial charge on any atom is 0.254 e. The molecule has 6 heteroatoms. The number of carbonyl (C=O) groups excluding carboxylic acids is 1. The van der Waals surface area contributed by atoms with Crippen LogP contribution < -0.4 is 5.32 Å². The molecular formula is C13H15ClF2N2O. The van der Waals surface area contributed by atoms with E-state index in [4.69, 9.17) is 0 Å². The molecule has 2 aliphatic rings. The molecule has 1 heterocycles. The Labute approximate surface area is 116 Å². The van der Waals surface area contributed by atoms with E-state index >= 15 is 0 Å². The minimum absolute atomic E-state index is 0. The maximum atomic E-state index is 13.1. The van der Waals surface area contributed by atoms with Gasteiger partial charge in [0, 0.05) is 30.7 Å². The molecule has 0 atom stereocenters. The summed E-state index contributed by atoms with van der Waals surface area (Å²) in [6.45, 7) is 2.03. The summed E-state index contributed by atoms with van der Waals surface area (Å²) in [4.78, 5) is 13.9. The van der Waals surface area contributed by atoms with Crippen molar-refractivity contribution in [2.24, 2.45) is 0 Å².